The molecule has 0 fully saturated rings. The number of benzene rings is 2. The third kappa shape index (κ3) is 6.09. The van der Waals surface area contributed by atoms with E-state index in [9.17, 15) is 14.0 Å². The minimum Gasteiger partial charge on any atom is -0.298 e. The van der Waals surface area contributed by atoms with Gasteiger partial charge in [0.05, 0.1) is 5.56 Å². The Labute approximate surface area is 157 Å². The van der Waals surface area contributed by atoms with Crippen LogP contribution < -0.4 is 16.2 Å². The van der Waals surface area contributed by atoms with Gasteiger partial charge in [-0.3, -0.25) is 25.8 Å². The van der Waals surface area contributed by atoms with Crippen molar-refractivity contribution in [1.82, 2.24) is 16.2 Å². The molecule has 25 heavy (non-hydrogen) atoms. The van der Waals surface area contributed by atoms with E-state index in [-0.39, 0.29) is 10.9 Å². The third-order valence-electron chi connectivity index (χ3n) is 2.94. The van der Waals surface area contributed by atoms with Crippen molar-refractivity contribution in [2.75, 3.05) is 0 Å². The molecule has 0 spiro atoms. The molecule has 0 aliphatic carbocycles. The van der Waals surface area contributed by atoms with Crippen molar-refractivity contribution in [3.05, 3.63) is 76.0 Å². The van der Waals surface area contributed by atoms with Crippen LogP contribution in [0.3, 0.4) is 0 Å². The van der Waals surface area contributed by atoms with Gasteiger partial charge in [0.15, 0.2) is 5.11 Å². The van der Waals surface area contributed by atoms with E-state index in [0.717, 1.165) is 0 Å². The number of carbonyl (C=O) groups is 2. The number of thiocarbonyl (C=S) groups is 1. The van der Waals surface area contributed by atoms with Gasteiger partial charge in [-0.1, -0.05) is 24.3 Å². The fourth-order valence-electron chi connectivity index (χ4n) is 1.76. The van der Waals surface area contributed by atoms with E-state index in [0.29, 0.717) is 15.6 Å². The highest BCUT2D eigenvalue weighted by molar-refractivity contribution is 9.10. The molecule has 0 saturated carbocycles. The van der Waals surface area contributed by atoms with Gasteiger partial charge in [0, 0.05) is 10.5 Å². The zero-order chi connectivity index (χ0) is 18.2. The zero-order valence-corrected chi connectivity index (χ0v) is 15.2. The predicted octanol–water partition coefficient (Wildman–Crippen LogP) is 2.94. The Bertz CT molecular complexity index is 825. The molecule has 0 bridgehead atoms. The first-order chi connectivity index (χ1) is 12.0. The molecule has 0 aliphatic heterocycles. The number of carbonyl (C=O) groups excluding carboxylic acids is 2. The Morgan fingerprint density at radius 2 is 1.72 bits per heavy atom. The molecule has 2 aromatic rings. The zero-order valence-electron chi connectivity index (χ0n) is 12.8. The molecule has 3 N–H and O–H groups in total. The van der Waals surface area contributed by atoms with Crippen LogP contribution in [-0.4, -0.2) is 16.9 Å². The highest BCUT2D eigenvalue weighted by atomic mass is 79.9. The molecule has 0 aromatic heterocycles. The summed E-state index contributed by atoms with van der Waals surface area (Å²) in [4.78, 5) is 23.7. The summed E-state index contributed by atoms with van der Waals surface area (Å²) in [5, 5.41) is 2.32. The molecule has 0 atom stereocenters. The second kappa shape index (κ2) is 9.05. The molecule has 0 aliphatic rings. The molecule has 0 radical (unpaired) electrons. The summed E-state index contributed by atoms with van der Waals surface area (Å²) in [6.07, 6.45) is 2.76. The lowest BCUT2D eigenvalue weighted by molar-refractivity contribution is -0.115. The van der Waals surface area contributed by atoms with Crippen molar-refractivity contribution in [2.24, 2.45) is 0 Å². The topological polar surface area (TPSA) is 70.2 Å². The number of halogens is 2. The van der Waals surface area contributed by atoms with E-state index in [1.54, 1.807) is 24.3 Å². The highest BCUT2D eigenvalue weighted by Gasteiger charge is 2.09. The summed E-state index contributed by atoms with van der Waals surface area (Å²) in [7, 11) is 0. The third-order valence-corrected chi connectivity index (χ3v) is 3.84. The molecule has 0 saturated heterocycles. The van der Waals surface area contributed by atoms with Crippen molar-refractivity contribution in [3.8, 4) is 0 Å². The summed E-state index contributed by atoms with van der Waals surface area (Å²) < 4.78 is 13.4. The highest BCUT2D eigenvalue weighted by Crippen LogP contribution is 2.15. The van der Waals surface area contributed by atoms with Crippen molar-refractivity contribution in [2.45, 2.75) is 0 Å². The van der Waals surface area contributed by atoms with Crippen LogP contribution in [0.2, 0.25) is 0 Å². The van der Waals surface area contributed by atoms with Crippen LogP contribution in [0.5, 0.6) is 0 Å². The van der Waals surface area contributed by atoms with Gasteiger partial charge in [-0.05, 0) is 64.1 Å². The van der Waals surface area contributed by atoms with Crippen LogP contribution >= 0.6 is 28.1 Å². The molecular formula is C17H13BrFN3O2S. The van der Waals surface area contributed by atoms with Crippen LogP contribution in [-0.2, 0) is 4.79 Å². The van der Waals surface area contributed by atoms with Gasteiger partial charge in [0.25, 0.3) is 5.91 Å². The maximum absolute atomic E-state index is 12.8. The minimum atomic E-state index is -0.489. The van der Waals surface area contributed by atoms with Crippen molar-refractivity contribution in [1.29, 1.82) is 0 Å². The minimum absolute atomic E-state index is 0.0610. The monoisotopic (exact) mass is 421 g/mol. The molecule has 2 rings (SSSR count). The summed E-state index contributed by atoms with van der Waals surface area (Å²) in [6, 6.07) is 12.5. The molecule has 2 aromatic carbocycles. The average molecular weight is 422 g/mol. The lowest BCUT2D eigenvalue weighted by Crippen LogP contribution is -2.48. The number of hydrogen-bond donors (Lipinski definition) is 3. The molecule has 0 heterocycles. The smallest absolute Gasteiger partial charge is 0.270 e. The van der Waals surface area contributed by atoms with Crippen LogP contribution in [0.15, 0.2) is 59.1 Å². The van der Waals surface area contributed by atoms with Gasteiger partial charge in [0.2, 0.25) is 5.91 Å². The van der Waals surface area contributed by atoms with Crippen molar-refractivity contribution < 1.29 is 14.0 Å². The van der Waals surface area contributed by atoms with Crippen LogP contribution in [0.1, 0.15) is 15.9 Å². The Kier molecular flexibility index (Phi) is 6.79. The Hall–Kier alpha value is -2.58. The predicted molar refractivity (Wildman–Crippen MR) is 101 cm³/mol. The molecular weight excluding hydrogens is 409 g/mol. The van der Waals surface area contributed by atoms with Crippen LogP contribution in [0.25, 0.3) is 6.08 Å². The molecule has 0 unspecified atom stereocenters. The maximum Gasteiger partial charge on any atom is 0.270 e. The molecule has 2 amide bonds. The van der Waals surface area contributed by atoms with Crippen LogP contribution in [0.4, 0.5) is 4.39 Å². The Morgan fingerprint density at radius 1 is 1.04 bits per heavy atom. The summed E-state index contributed by atoms with van der Waals surface area (Å²) >= 11 is 8.19. The number of hydrazine groups is 1. The van der Waals surface area contributed by atoms with Gasteiger partial charge >= 0.3 is 0 Å². The van der Waals surface area contributed by atoms with Crippen LogP contribution in [0, 0.1) is 5.82 Å². The summed E-state index contributed by atoms with van der Waals surface area (Å²) in [6.45, 7) is 0. The summed E-state index contributed by atoms with van der Waals surface area (Å²) in [5.74, 6) is -1.25. The number of hydrogen-bond acceptors (Lipinski definition) is 3. The standard InChI is InChI=1S/C17H13BrFN3O2S/c18-14-4-2-1-3-13(14)16(24)21-22-17(25)20-15(23)10-7-11-5-8-12(19)9-6-11/h1-10H,(H,21,24)(H2,20,22,23,25)/b10-7+. The normalized spacial score (nSPS) is 10.3. The van der Waals surface area contributed by atoms with E-state index in [1.807, 2.05) is 0 Å². The summed E-state index contributed by atoms with van der Waals surface area (Å²) in [5.41, 5.74) is 5.91. The van der Waals surface area contributed by atoms with Gasteiger partial charge in [-0.25, -0.2) is 4.39 Å². The molecule has 128 valence electrons. The largest absolute Gasteiger partial charge is 0.298 e. The molecule has 8 heteroatoms. The average Bonchev–Trinajstić information content (AvgIpc) is 2.59. The second-order valence-electron chi connectivity index (χ2n) is 4.76. The SMILES string of the molecule is O=C(/C=C/c1ccc(F)cc1)NC(=S)NNC(=O)c1ccccc1Br. The second-order valence-corrected chi connectivity index (χ2v) is 6.02. The van der Waals surface area contributed by atoms with E-state index < -0.39 is 11.8 Å². The van der Waals surface area contributed by atoms with Gasteiger partial charge in [0.1, 0.15) is 5.82 Å². The van der Waals surface area contributed by atoms with E-state index >= 15 is 0 Å². The van der Waals surface area contributed by atoms with E-state index in [1.165, 1.54) is 36.4 Å². The molecule has 5 nitrogen and oxygen atoms in total. The Morgan fingerprint density at radius 3 is 2.40 bits per heavy atom. The first kappa shape index (κ1) is 18.8. The number of nitrogens with one attached hydrogen (secondary N) is 3. The first-order valence-electron chi connectivity index (χ1n) is 7.05. The maximum atomic E-state index is 12.8. The fourth-order valence-corrected chi connectivity index (χ4v) is 2.37. The van der Waals surface area contributed by atoms with Gasteiger partial charge < -0.3 is 0 Å². The van der Waals surface area contributed by atoms with Gasteiger partial charge in [-0.2, -0.15) is 0 Å². The number of rotatable bonds is 3. The van der Waals surface area contributed by atoms with E-state index in [2.05, 4.69) is 32.1 Å². The van der Waals surface area contributed by atoms with Gasteiger partial charge in [-0.15, -0.1) is 0 Å². The lowest BCUT2D eigenvalue weighted by Gasteiger charge is -2.10. The Balaban J connectivity index is 1.81. The van der Waals surface area contributed by atoms with E-state index in [4.69, 9.17) is 12.2 Å². The van der Waals surface area contributed by atoms with Crippen molar-refractivity contribution in [3.63, 3.8) is 0 Å². The number of amides is 2. The van der Waals surface area contributed by atoms with Crippen molar-refractivity contribution >= 4 is 51.2 Å². The lowest BCUT2D eigenvalue weighted by atomic mass is 10.2. The fraction of sp³-hybridized carbons (Fsp3) is 0. The first-order valence-corrected chi connectivity index (χ1v) is 8.25. The quantitative estimate of drug-likeness (QED) is 0.404.